The number of carbonyl (C=O) groups is 3. The van der Waals surface area contributed by atoms with Crippen molar-refractivity contribution < 1.29 is 22.8 Å². The molecular formula is C19H20N6O5S2. The van der Waals surface area contributed by atoms with E-state index in [0.29, 0.717) is 16.9 Å². The third-order valence-electron chi connectivity index (χ3n) is 4.19. The second-order valence-electron chi connectivity index (χ2n) is 6.74. The van der Waals surface area contributed by atoms with Crippen LogP contribution in [-0.4, -0.2) is 42.1 Å². The molecule has 3 aromatic rings. The van der Waals surface area contributed by atoms with Crippen LogP contribution in [0.2, 0.25) is 0 Å². The molecule has 168 valence electrons. The maximum Gasteiger partial charge on any atom is 0.265 e. The van der Waals surface area contributed by atoms with Crippen molar-refractivity contribution in [2.75, 3.05) is 10.6 Å². The summed E-state index contributed by atoms with van der Waals surface area (Å²) in [5.41, 5.74) is 7.02. The number of carbonyl (C=O) groups excluding carboxylic acids is 3. The van der Waals surface area contributed by atoms with Crippen molar-refractivity contribution in [3.8, 4) is 11.3 Å². The molecule has 1 aromatic carbocycles. The first-order valence-corrected chi connectivity index (χ1v) is 11.6. The average molecular weight is 477 g/mol. The average Bonchev–Trinajstić information content (AvgIpc) is 3.37. The summed E-state index contributed by atoms with van der Waals surface area (Å²) >= 11 is 1.14. The lowest BCUT2D eigenvalue weighted by Crippen LogP contribution is -2.41. The van der Waals surface area contributed by atoms with E-state index < -0.39 is 27.9 Å². The minimum atomic E-state index is -3.97. The minimum Gasteiger partial charge on any atom is -0.364 e. The van der Waals surface area contributed by atoms with Crippen molar-refractivity contribution in [1.29, 1.82) is 0 Å². The van der Waals surface area contributed by atoms with Gasteiger partial charge in [-0.05, 0) is 37.3 Å². The number of sulfonamides is 1. The number of nitrogens with zero attached hydrogens (tertiary/aromatic N) is 1. The fourth-order valence-corrected chi connectivity index (χ4v) is 4.56. The second-order valence-corrected chi connectivity index (χ2v) is 9.31. The van der Waals surface area contributed by atoms with Crippen LogP contribution >= 0.6 is 11.3 Å². The largest absolute Gasteiger partial charge is 0.364 e. The lowest BCUT2D eigenvalue weighted by Gasteiger charge is -2.13. The maximum atomic E-state index is 12.5. The molecule has 3 rings (SSSR count). The van der Waals surface area contributed by atoms with Crippen LogP contribution in [0.3, 0.4) is 0 Å². The summed E-state index contributed by atoms with van der Waals surface area (Å²) in [4.78, 5) is 41.6. The van der Waals surface area contributed by atoms with Crippen LogP contribution in [0.5, 0.6) is 0 Å². The molecule has 32 heavy (non-hydrogen) atoms. The van der Waals surface area contributed by atoms with E-state index in [9.17, 15) is 22.8 Å². The number of nitrogens with one attached hydrogen (secondary N) is 4. The van der Waals surface area contributed by atoms with E-state index in [4.69, 9.17) is 5.73 Å². The zero-order chi connectivity index (χ0) is 23.5. The van der Waals surface area contributed by atoms with Crippen LogP contribution in [0.25, 0.3) is 11.3 Å². The first kappa shape index (κ1) is 23.1. The molecule has 0 aliphatic carbocycles. The zero-order valence-electron chi connectivity index (χ0n) is 17.0. The number of amides is 3. The molecule has 11 nitrogen and oxygen atoms in total. The normalized spacial score (nSPS) is 12.2. The molecule has 0 saturated carbocycles. The summed E-state index contributed by atoms with van der Waals surface area (Å²) in [7, 11) is -3.97. The monoisotopic (exact) mass is 476 g/mol. The number of rotatable bonds is 8. The van der Waals surface area contributed by atoms with Crippen molar-refractivity contribution in [2.24, 2.45) is 5.73 Å². The molecule has 3 amide bonds. The van der Waals surface area contributed by atoms with Gasteiger partial charge in [-0.1, -0.05) is 0 Å². The summed E-state index contributed by atoms with van der Waals surface area (Å²) in [5.74, 6) is -1.48. The van der Waals surface area contributed by atoms with Gasteiger partial charge in [0.2, 0.25) is 21.8 Å². The summed E-state index contributed by atoms with van der Waals surface area (Å²) in [5, 5.41) is 7.04. The van der Waals surface area contributed by atoms with Crippen LogP contribution < -0.4 is 21.1 Å². The summed E-state index contributed by atoms with van der Waals surface area (Å²) < 4.78 is 27.4. The number of hydrogen-bond acceptors (Lipinski definition) is 7. The molecule has 0 aliphatic heterocycles. The Morgan fingerprint density at radius 3 is 2.44 bits per heavy atom. The molecule has 0 saturated heterocycles. The lowest BCUT2D eigenvalue weighted by molar-refractivity contribution is -0.117. The van der Waals surface area contributed by atoms with Gasteiger partial charge >= 0.3 is 0 Å². The number of primary amides is 1. The molecule has 0 spiro atoms. The first-order valence-electron chi connectivity index (χ1n) is 9.20. The number of thiazole rings is 1. The van der Waals surface area contributed by atoms with Crippen molar-refractivity contribution >= 4 is 49.9 Å². The summed E-state index contributed by atoms with van der Waals surface area (Å²) in [6.07, 6.45) is 1.56. The van der Waals surface area contributed by atoms with Crippen LogP contribution in [-0.2, 0) is 19.6 Å². The maximum absolute atomic E-state index is 12.5. The number of nitrogens with two attached hydrogens (primary N) is 1. The second kappa shape index (κ2) is 9.30. The number of aromatic nitrogens is 2. The van der Waals surface area contributed by atoms with Gasteiger partial charge in [0.05, 0.1) is 16.6 Å². The Kier molecular flexibility index (Phi) is 6.72. The number of anilines is 2. The quantitative estimate of drug-likeness (QED) is 0.329. The highest BCUT2D eigenvalue weighted by molar-refractivity contribution is 7.89. The molecule has 2 aromatic heterocycles. The van der Waals surface area contributed by atoms with Crippen molar-refractivity contribution in [2.45, 2.75) is 24.8 Å². The predicted molar refractivity (Wildman–Crippen MR) is 120 cm³/mol. The van der Waals surface area contributed by atoms with E-state index in [2.05, 4.69) is 25.3 Å². The third-order valence-corrected chi connectivity index (χ3v) is 6.50. The molecule has 0 aliphatic rings. The van der Waals surface area contributed by atoms with Crippen molar-refractivity contribution in [3.63, 3.8) is 0 Å². The van der Waals surface area contributed by atoms with Crippen LogP contribution in [0.4, 0.5) is 10.8 Å². The van der Waals surface area contributed by atoms with Crippen LogP contribution in [0, 0.1) is 0 Å². The van der Waals surface area contributed by atoms with Gasteiger partial charge in [0.1, 0.15) is 5.69 Å². The molecule has 0 fully saturated rings. The molecule has 0 bridgehead atoms. The highest BCUT2D eigenvalue weighted by Crippen LogP contribution is 2.25. The van der Waals surface area contributed by atoms with E-state index in [1.807, 2.05) is 0 Å². The molecule has 2 heterocycles. The van der Waals surface area contributed by atoms with Gasteiger partial charge in [-0.25, -0.2) is 13.4 Å². The highest BCUT2D eigenvalue weighted by Gasteiger charge is 2.23. The van der Waals surface area contributed by atoms with E-state index in [-0.39, 0.29) is 21.6 Å². The minimum absolute atomic E-state index is 0.0551. The first-order chi connectivity index (χ1) is 15.0. The van der Waals surface area contributed by atoms with E-state index in [0.717, 1.165) is 11.3 Å². The van der Waals surface area contributed by atoms with Gasteiger partial charge in [0, 0.05) is 29.8 Å². The molecule has 0 radical (unpaired) electrons. The van der Waals surface area contributed by atoms with Crippen molar-refractivity contribution in [3.05, 3.63) is 47.6 Å². The molecule has 1 atom stereocenters. The van der Waals surface area contributed by atoms with Gasteiger partial charge < -0.3 is 21.4 Å². The molecular weight excluding hydrogens is 456 g/mol. The predicted octanol–water partition coefficient (Wildman–Crippen LogP) is 1.50. The summed E-state index contributed by atoms with van der Waals surface area (Å²) in [6.45, 7) is 2.74. The van der Waals surface area contributed by atoms with Crippen LogP contribution in [0.1, 0.15) is 24.3 Å². The smallest absolute Gasteiger partial charge is 0.265 e. The Hall–Kier alpha value is -3.55. The van der Waals surface area contributed by atoms with E-state index in [1.165, 1.54) is 44.2 Å². The number of benzene rings is 1. The number of hydrogen-bond donors (Lipinski definition) is 5. The van der Waals surface area contributed by atoms with Crippen molar-refractivity contribution in [1.82, 2.24) is 14.7 Å². The Morgan fingerprint density at radius 2 is 1.84 bits per heavy atom. The van der Waals surface area contributed by atoms with E-state index in [1.54, 1.807) is 11.6 Å². The number of aromatic amines is 1. The van der Waals surface area contributed by atoms with Gasteiger partial charge in [0.15, 0.2) is 5.13 Å². The van der Waals surface area contributed by atoms with Gasteiger partial charge in [-0.3, -0.25) is 14.4 Å². The fraction of sp³-hybridized carbons (Fsp3) is 0.158. The van der Waals surface area contributed by atoms with Gasteiger partial charge in [-0.15, -0.1) is 11.3 Å². The topological polar surface area (TPSA) is 176 Å². The van der Waals surface area contributed by atoms with Crippen LogP contribution in [0.15, 0.2) is 46.8 Å². The Morgan fingerprint density at radius 1 is 1.16 bits per heavy atom. The molecule has 0 unspecified atom stereocenters. The molecule has 13 heteroatoms. The highest BCUT2D eigenvalue weighted by atomic mass is 32.2. The molecule has 6 N–H and O–H groups in total. The fourth-order valence-electron chi connectivity index (χ4n) is 2.64. The summed E-state index contributed by atoms with van der Waals surface area (Å²) in [6, 6.07) is 5.99. The Bertz CT molecular complexity index is 1260. The lowest BCUT2D eigenvalue weighted by atomic mass is 10.2. The third kappa shape index (κ3) is 5.57. The standard InChI is InChI=1S/C19H20N6O5S2/c1-10(25-32(29,30)14-5-3-13(4-6-14)22-11(2)26)18(28)24-19-23-16(9-31-19)12-7-15(17(20)27)21-8-12/h3-10,21,25H,1-2H3,(H2,20,27)(H,22,26)(H,23,24,28)/t10-/m0/s1. The Labute approximate surface area is 187 Å². The Balaban J connectivity index is 1.63. The van der Waals surface area contributed by atoms with Gasteiger partial charge in [-0.2, -0.15) is 4.72 Å². The van der Waals surface area contributed by atoms with E-state index >= 15 is 0 Å². The number of H-pyrrole nitrogens is 1. The van der Waals surface area contributed by atoms with Gasteiger partial charge in [0.25, 0.3) is 5.91 Å². The zero-order valence-corrected chi connectivity index (χ0v) is 18.6. The SMILES string of the molecule is CC(=O)Nc1ccc(S(=O)(=O)N[C@@H](C)C(=O)Nc2nc(-c3c[nH]c(C(N)=O)c3)cs2)cc1.